The Balaban J connectivity index is 2.57. The van der Waals surface area contributed by atoms with Crippen molar-refractivity contribution in [3.05, 3.63) is 33.8 Å². The highest BCUT2D eigenvalue weighted by Crippen LogP contribution is 2.18. The summed E-state index contributed by atoms with van der Waals surface area (Å²) in [5.41, 5.74) is 1.74. The zero-order valence-corrected chi connectivity index (χ0v) is 10.5. The number of nitriles is 1. The molecule has 0 N–H and O–H groups in total. The lowest BCUT2D eigenvalue weighted by atomic mass is 10.1. The zero-order valence-electron chi connectivity index (χ0n) is 8.96. The SMILES string of the molecule is CC(C)COCc1ccc(C#N)c(Br)c1. The summed E-state index contributed by atoms with van der Waals surface area (Å²) in [7, 11) is 0. The second-order valence-electron chi connectivity index (χ2n) is 3.83. The maximum Gasteiger partial charge on any atom is 0.100 e. The van der Waals surface area contributed by atoms with Crippen LogP contribution < -0.4 is 0 Å². The van der Waals surface area contributed by atoms with Crippen LogP contribution in [0, 0.1) is 17.2 Å². The summed E-state index contributed by atoms with van der Waals surface area (Å²) in [4.78, 5) is 0. The van der Waals surface area contributed by atoms with Gasteiger partial charge >= 0.3 is 0 Å². The summed E-state index contributed by atoms with van der Waals surface area (Å²) in [6.45, 7) is 5.60. The van der Waals surface area contributed by atoms with Gasteiger partial charge in [0.2, 0.25) is 0 Å². The van der Waals surface area contributed by atoms with Gasteiger partial charge in [0.05, 0.1) is 12.2 Å². The number of benzene rings is 1. The summed E-state index contributed by atoms with van der Waals surface area (Å²) in [5.74, 6) is 0.548. The quantitative estimate of drug-likeness (QED) is 0.837. The number of nitrogens with zero attached hydrogens (tertiary/aromatic N) is 1. The Morgan fingerprint density at radius 1 is 1.47 bits per heavy atom. The van der Waals surface area contributed by atoms with Crippen molar-refractivity contribution in [2.45, 2.75) is 20.5 Å². The Kier molecular flexibility index (Phi) is 4.80. The molecule has 0 spiro atoms. The number of hydrogen-bond acceptors (Lipinski definition) is 2. The van der Waals surface area contributed by atoms with Crippen molar-refractivity contribution in [1.82, 2.24) is 0 Å². The van der Waals surface area contributed by atoms with E-state index in [0.717, 1.165) is 16.6 Å². The van der Waals surface area contributed by atoms with Crippen LogP contribution in [-0.2, 0) is 11.3 Å². The van der Waals surface area contributed by atoms with E-state index in [2.05, 4.69) is 35.8 Å². The van der Waals surface area contributed by atoms with Crippen LogP contribution in [0.3, 0.4) is 0 Å². The molecule has 0 aromatic heterocycles. The molecule has 0 amide bonds. The van der Waals surface area contributed by atoms with Crippen LogP contribution in [0.1, 0.15) is 25.0 Å². The minimum atomic E-state index is 0.548. The molecule has 0 aliphatic rings. The third kappa shape index (κ3) is 4.03. The van der Waals surface area contributed by atoms with E-state index < -0.39 is 0 Å². The van der Waals surface area contributed by atoms with E-state index in [-0.39, 0.29) is 0 Å². The van der Waals surface area contributed by atoms with E-state index in [1.54, 1.807) is 6.07 Å². The first kappa shape index (κ1) is 12.2. The van der Waals surface area contributed by atoms with Crippen LogP contribution in [0.25, 0.3) is 0 Å². The molecule has 3 heteroatoms. The highest BCUT2D eigenvalue weighted by atomic mass is 79.9. The lowest BCUT2D eigenvalue weighted by Crippen LogP contribution is -2.01. The molecule has 0 atom stereocenters. The summed E-state index contributed by atoms with van der Waals surface area (Å²) < 4.78 is 6.34. The van der Waals surface area contributed by atoms with Crippen LogP contribution in [0.5, 0.6) is 0 Å². The number of hydrogen-bond donors (Lipinski definition) is 0. The molecular weight excluding hydrogens is 254 g/mol. The van der Waals surface area contributed by atoms with Crippen LogP contribution in [0.2, 0.25) is 0 Å². The van der Waals surface area contributed by atoms with Crippen molar-refractivity contribution >= 4 is 15.9 Å². The topological polar surface area (TPSA) is 33.0 Å². The third-order valence-electron chi connectivity index (χ3n) is 1.87. The Morgan fingerprint density at radius 2 is 2.20 bits per heavy atom. The van der Waals surface area contributed by atoms with E-state index in [9.17, 15) is 0 Å². The minimum Gasteiger partial charge on any atom is -0.377 e. The Labute approximate surface area is 99.0 Å². The minimum absolute atomic E-state index is 0.548. The average molecular weight is 268 g/mol. The molecule has 15 heavy (non-hydrogen) atoms. The van der Waals surface area contributed by atoms with Gasteiger partial charge in [0.15, 0.2) is 0 Å². The molecule has 80 valence electrons. The number of ether oxygens (including phenoxy) is 1. The molecule has 0 fully saturated rings. The first-order valence-electron chi connectivity index (χ1n) is 4.89. The molecule has 1 aromatic rings. The molecule has 0 saturated carbocycles. The smallest absolute Gasteiger partial charge is 0.100 e. The summed E-state index contributed by atoms with van der Waals surface area (Å²) in [6, 6.07) is 7.76. The van der Waals surface area contributed by atoms with Gasteiger partial charge in [-0.3, -0.25) is 0 Å². The number of halogens is 1. The van der Waals surface area contributed by atoms with Crippen molar-refractivity contribution in [3.63, 3.8) is 0 Å². The number of rotatable bonds is 4. The van der Waals surface area contributed by atoms with Gasteiger partial charge in [-0.25, -0.2) is 0 Å². The van der Waals surface area contributed by atoms with Crippen molar-refractivity contribution in [2.24, 2.45) is 5.92 Å². The van der Waals surface area contributed by atoms with Crippen molar-refractivity contribution in [1.29, 1.82) is 5.26 Å². The molecule has 1 aromatic carbocycles. The fourth-order valence-electron chi connectivity index (χ4n) is 1.15. The Morgan fingerprint density at radius 3 is 2.73 bits per heavy atom. The van der Waals surface area contributed by atoms with E-state index >= 15 is 0 Å². The predicted octanol–water partition coefficient (Wildman–Crippen LogP) is 3.49. The maximum atomic E-state index is 8.75. The summed E-state index contributed by atoms with van der Waals surface area (Å²) >= 11 is 3.35. The highest BCUT2D eigenvalue weighted by Gasteiger charge is 2.01. The van der Waals surface area contributed by atoms with Gasteiger partial charge in [-0.05, 0) is 39.5 Å². The molecule has 0 aliphatic heterocycles. The average Bonchev–Trinajstić information content (AvgIpc) is 2.17. The first-order valence-corrected chi connectivity index (χ1v) is 5.69. The molecule has 2 nitrogen and oxygen atoms in total. The monoisotopic (exact) mass is 267 g/mol. The van der Waals surface area contributed by atoms with E-state index in [4.69, 9.17) is 10.00 Å². The molecule has 1 rings (SSSR count). The Bertz CT molecular complexity index is 368. The maximum absolute atomic E-state index is 8.75. The molecule has 0 heterocycles. The molecule has 0 bridgehead atoms. The van der Waals surface area contributed by atoms with E-state index in [1.807, 2.05) is 12.1 Å². The van der Waals surface area contributed by atoms with E-state index in [0.29, 0.717) is 18.1 Å². The van der Waals surface area contributed by atoms with Crippen LogP contribution in [0.15, 0.2) is 22.7 Å². The normalized spacial score (nSPS) is 10.3. The highest BCUT2D eigenvalue weighted by molar-refractivity contribution is 9.10. The lowest BCUT2D eigenvalue weighted by Gasteiger charge is -2.07. The van der Waals surface area contributed by atoms with Gasteiger partial charge in [-0.15, -0.1) is 0 Å². The predicted molar refractivity (Wildman–Crippen MR) is 63.4 cm³/mol. The van der Waals surface area contributed by atoms with Gasteiger partial charge in [-0.2, -0.15) is 5.26 Å². The van der Waals surface area contributed by atoms with Crippen LogP contribution >= 0.6 is 15.9 Å². The summed E-state index contributed by atoms with van der Waals surface area (Å²) in [6.07, 6.45) is 0. The molecule has 0 saturated heterocycles. The van der Waals surface area contributed by atoms with Gasteiger partial charge < -0.3 is 4.74 Å². The lowest BCUT2D eigenvalue weighted by molar-refractivity contribution is 0.0970. The second-order valence-corrected chi connectivity index (χ2v) is 4.69. The summed E-state index contributed by atoms with van der Waals surface area (Å²) in [5, 5.41) is 8.75. The second kappa shape index (κ2) is 5.89. The van der Waals surface area contributed by atoms with Crippen LogP contribution in [0.4, 0.5) is 0 Å². The van der Waals surface area contributed by atoms with Gasteiger partial charge in [0.1, 0.15) is 6.07 Å². The van der Waals surface area contributed by atoms with Gasteiger partial charge in [0.25, 0.3) is 0 Å². The Hall–Kier alpha value is -0.850. The standard InChI is InChI=1S/C12H14BrNO/c1-9(2)7-15-8-10-3-4-11(6-14)12(13)5-10/h3-5,9H,7-8H2,1-2H3. The first-order chi connectivity index (χ1) is 7.13. The molecular formula is C12H14BrNO. The van der Waals surface area contributed by atoms with Crippen molar-refractivity contribution in [3.8, 4) is 6.07 Å². The fourth-order valence-corrected chi connectivity index (χ4v) is 1.67. The molecule has 0 unspecified atom stereocenters. The molecule has 0 radical (unpaired) electrons. The van der Waals surface area contributed by atoms with Crippen molar-refractivity contribution < 1.29 is 4.74 Å². The zero-order chi connectivity index (χ0) is 11.3. The van der Waals surface area contributed by atoms with Crippen LogP contribution in [-0.4, -0.2) is 6.61 Å². The largest absolute Gasteiger partial charge is 0.377 e. The van der Waals surface area contributed by atoms with Gasteiger partial charge in [-0.1, -0.05) is 19.9 Å². The molecule has 0 aliphatic carbocycles. The van der Waals surface area contributed by atoms with Gasteiger partial charge in [0, 0.05) is 11.1 Å². The van der Waals surface area contributed by atoms with Crippen molar-refractivity contribution in [2.75, 3.05) is 6.61 Å². The van der Waals surface area contributed by atoms with E-state index in [1.165, 1.54) is 0 Å². The third-order valence-corrected chi connectivity index (χ3v) is 2.53. The fraction of sp³-hybridized carbons (Fsp3) is 0.417.